The smallest absolute Gasteiger partial charge is 0.124 e. The molecule has 0 radical (unpaired) electrons. The highest BCUT2D eigenvalue weighted by atomic mass is 16.5. The molecule has 114 valence electrons. The van der Waals surface area contributed by atoms with Crippen molar-refractivity contribution in [1.29, 1.82) is 0 Å². The van der Waals surface area contributed by atoms with Gasteiger partial charge in [-0.2, -0.15) is 0 Å². The second kappa shape index (κ2) is 7.14. The Hall–Kier alpha value is -2.26. The molecule has 0 fully saturated rings. The third-order valence-corrected chi connectivity index (χ3v) is 3.86. The van der Waals surface area contributed by atoms with E-state index in [-0.39, 0.29) is 0 Å². The molecule has 0 unspecified atom stereocenters. The first-order valence-electron chi connectivity index (χ1n) is 7.73. The van der Waals surface area contributed by atoms with Crippen molar-refractivity contribution in [3.8, 4) is 5.75 Å². The maximum Gasteiger partial charge on any atom is 0.124 e. The van der Waals surface area contributed by atoms with Gasteiger partial charge in [0.15, 0.2) is 0 Å². The molecule has 22 heavy (non-hydrogen) atoms. The highest BCUT2D eigenvalue weighted by molar-refractivity contribution is 5.86. The predicted octanol–water partition coefficient (Wildman–Crippen LogP) is 4.00. The molecule has 3 nitrogen and oxygen atoms in total. The summed E-state index contributed by atoms with van der Waals surface area (Å²) in [5, 5.41) is 10.7. The minimum absolute atomic E-state index is 0.333. The first kappa shape index (κ1) is 14.7. The number of hydrogen-bond acceptors (Lipinski definition) is 2. The Morgan fingerprint density at radius 2 is 1.77 bits per heavy atom. The number of fused-ring (bicyclic) bond motifs is 1. The normalized spacial score (nSPS) is 11.1. The molecule has 1 aromatic heterocycles. The van der Waals surface area contributed by atoms with Crippen LogP contribution >= 0.6 is 0 Å². The summed E-state index contributed by atoms with van der Waals surface area (Å²) in [7, 11) is 0. The molecule has 0 spiro atoms. The van der Waals surface area contributed by atoms with Crippen molar-refractivity contribution in [2.45, 2.75) is 19.4 Å². The summed E-state index contributed by atoms with van der Waals surface area (Å²) < 4.78 is 7.84. The van der Waals surface area contributed by atoms with Crippen LogP contribution in [-0.2, 0) is 17.7 Å². The van der Waals surface area contributed by atoms with Crippen LogP contribution in [0.1, 0.15) is 12.0 Å². The summed E-state index contributed by atoms with van der Waals surface area (Å²) in [6.45, 7) is 2.27. The zero-order valence-electron chi connectivity index (χ0n) is 12.6. The topological polar surface area (TPSA) is 34.4 Å². The SMILES string of the molecule is Oc1cccc2c1ccn2CCOCCCc1ccccc1. The van der Waals surface area contributed by atoms with Crippen molar-refractivity contribution in [3.05, 3.63) is 66.4 Å². The van der Waals surface area contributed by atoms with Gasteiger partial charge in [-0.25, -0.2) is 0 Å². The highest BCUT2D eigenvalue weighted by Crippen LogP contribution is 2.24. The van der Waals surface area contributed by atoms with Crippen LogP contribution in [0.25, 0.3) is 10.9 Å². The molecule has 0 aliphatic heterocycles. The molecule has 0 bridgehead atoms. The van der Waals surface area contributed by atoms with Gasteiger partial charge >= 0.3 is 0 Å². The number of nitrogens with zero attached hydrogens (tertiary/aromatic N) is 1. The lowest BCUT2D eigenvalue weighted by Crippen LogP contribution is -2.06. The molecule has 0 amide bonds. The average Bonchev–Trinajstić information content (AvgIpc) is 2.96. The first-order chi connectivity index (χ1) is 10.8. The molecule has 1 N–H and O–H groups in total. The second-order valence-electron chi connectivity index (χ2n) is 5.42. The van der Waals surface area contributed by atoms with Crippen LogP contribution in [0.5, 0.6) is 5.75 Å². The highest BCUT2D eigenvalue weighted by Gasteiger charge is 2.04. The molecule has 0 atom stereocenters. The largest absolute Gasteiger partial charge is 0.507 e. The van der Waals surface area contributed by atoms with E-state index in [0.717, 1.165) is 36.9 Å². The molecule has 3 aromatic rings. The molecule has 3 heteroatoms. The third-order valence-electron chi connectivity index (χ3n) is 3.86. The van der Waals surface area contributed by atoms with Crippen LogP contribution in [-0.4, -0.2) is 22.9 Å². The molecule has 0 saturated carbocycles. The summed E-state index contributed by atoms with van der Waals surface area (Å²) in [4.78, 5) is 0. The fraction of sp³-hybridized carbons (Fsp3) is 0.263. The Bertz CT molecular complexity index is 719. The first-order valence-corrected chi connectivity index (χ1v) is 7.73. The summed E-state index contributed by atoms with van der Waals surface area (Å²) in [5.41, 5.74) is 2.41. The van der Waals surface area contributed by atoms with Gasteiger partial charge in [0.05, 0.1) is 12.1 Å². The number of rotatable bonds is 7. The van der Waals surface area contributed by atoms with E-state index in [9.17, 15) is 5.11 Å². The Labute approximate surface area is 130 Å². The standard InChI is InChI=1S/C19H21NO2/c21-19-10-4-9-18-17(19)11-12-20(18)13-15-22-14-5-8-16-6-2-1-3-7-16/h1-4,6-7,9-12,21H,5,8,13-15H2. The summed E-state index contributed by atoms with van der Waals surface area (Å²) in [6, 6.07) is 18.0. The Morgan fingerprint density at radius 3 is 2.64 bits per heavy atom. The van der Waals surface area contributed by atoms with E-state index in [2.05, 4.69) is 28.8 Å². The molecule has 1 heterocycles. The van der Waals surface area contributed by atoms with E-state index in [0.29, 0.717) is 12.4 Å². The summed E-state index contributed by atoms with van der Waals surface area (Å²) in [5.74, 6) is 0.333. The van der Waals surface area contributed by atoms with Gasteiger partial charge < -0.3 is 14.4 Å². The number of aryl methyl sites for hydroxylation is 1. The van der Waals surface area contributed by atoms with Gasteiger partial charge in [-0.1, -0.05) is 36.4 Å². The van der Waals surface area contributed by atoms with E-state index in [1.54, 1.807) is 6.07 Å². The third kappa shape index (κ3) is 3.49. The van der Waals surface area contributed by atoms with Crippen molar-refractivity contribution in [3.63, 3.8) is 0 Å². The van der Waals surface area contributed by atoms with E-state index in [1.807, 2.05) is 30.5 Å². The zero-order chi connectivity index (χ0) is 15.2. The lowest BCUT2D eigenvalue weighted by molar-refractivity contribution is 0.125. The average molecular weight is 295 g/mol. The minimum Gasteiger partial charge on any atom is -0.507 e. The van der Waals surface area contributed by atoms with E-state index in [1.165, 1.54) is 5.56 Å². The quantitative estimate of drug-likeness (QED) is 0.669. The van der Waals surface area contributed by atoms with Gasteiger partial charge in [-0.05, 0) is 36.6 Å². The lowest BCUT2D eigenvalue weighted by atomic mass is 10.1. The number of aromatic nitrogens is 1. The number of hydrogen-bond donors (Lipinski definition) is 1. The fourth-order valence-corrected chi connectivity index (χ4v) is 2.69. The van der Waals surface area contributed by atoms with Crippen LogP contribution in [0.4, 0.5) is 0 Å². The van der Waals surface area contributed by atoms with Crippen LogP contribution < -0.4 is 0 Å². The van der Waals surface area contributed by atoms with Gasteiger partial charge in [-0.3, -0.25) is 0 Å². The molecular formula is C19H21NO2. The monoisotopic (exact) mass is 295 g/mol. The van der Waals surface area contributed by atoms with E-state index >= 15 is 0 Å². The molecule has 2 aromatic carbocycles. The number of phenols is 1. The van der Waals surface area contributed by atoms with Gasteiger partial charge in [-0.15, -0.1) is 0 Å². The van der Waals surface area contributed by atoms with Crippen molar-refractivity contribution >= 4 is 10.9 Å². The van der Waals surface area contributed by atoms with Crippen LogP contribution in [0.3, 0.4) is 0 Å². The van der Waals surface area contributed by atoms with E-state index < -0.39 is 0 Å². The van der Waals surface area contributed by atoms with Gasteiger partial charge in [0, 0.05) is 24.7 Å². The van der Waals surface area contributed by atoms with Crippen LogP contribution in [0.15, 0.2) is 60.8 Å². The van der Waals surface area contributed by atoms with Gasteiger partial charge in [0.1, 0.15) is 5.75 Å². The minimum atomic E-state index is 0.333. The second-order valence-corrected chi connectivity index (χ2v) is 5.42. The van der Waals surface area contributed by atoms with Crippen molar-refractivity contribution in [2.75, 3.05) is 13.2 Å². The van der Waals surface area contributed by atoms with Gasteiger partial charge in [0.25, 0.3) is 0 Å². The number of benzene rings is 2. The van der Waals surface area contributed by atoms with Crippen molar-refractivity contribution < 1.29 is 9.84 Å². The summed E-state index contributed by atoms with van der Waals surface area (Å²) in [6.07, 6.45) is 4.09. The van der Waals surface area contributed by atoms with Gasteiger partial charge in [0.2, 0.25) is 0 Å². The van der Waals surface area contributed by atoms with Crippen LogP contribution in [0.2, 0.25) is 0 Å². The predicted molar refractivity (Wildman–Crippen MR) is 89.2 cm³/mol. The molecule has 0 saturated heterocycles. The molecular weight excluding hydrogens is 274 g/mol. The fourth-order valence-electron chi connectivity index (χ4n) is 2.69. The number of ether oxygens (including phenoxy) is 1. The molecule has 3 rings (SSSR count). The van der Waals surface area contributed by atoms with Crippen molar-refractivity contribution in [1.82, 2.24) is 4.57 Å². The Balaban J connectivity index is 1.42. The zero-order valence-corrected chi connectivity index (χ0v) is 12.6. The summed E-state index contributed by atoms with van der Waals surface area (Å²) >= 11 is 0. The molecule has 0 aliphatic carbocycles. The molecule has 0 aliphatic rings. The van der Waals surface area contributed by atoms with Crippen molar-refractivity contribution in [2.24, 2.45) is 0 Å². The maximum atomic E-state index is 9.79. The van der Waals surface area contributed by atoms with Crippen LogP contribution in [0, 0.1) is 0 Å². The lowest BCUT2D eigenvalue weighted by Gasteiger charge is -2.07. The maximum absolute atomic E-state index is 9.79. The number of aromatic hydroxyl groups is 1. The Kier molecular flexibility index (Phi) is 4.76. The van der Waals surface area contributed by atoms with E-state index in [4.69, 9.17) is 4.74 Å². The Morgan fingerprint density at radius 1 is 0.909 bits per heavy atom. The number of phenolic OH excluding ortho intramolecular Hbond substituents is 1.